The molecule has 1 aromatic heterocycles. The molecule has 0 saturated carbocycles. The molecular weight excluding hydrogens is 314 g/mol. The SMILES string of the molecule is N#Cc1cc(Oc2cncc(N3CCC(F)(F)CC3)c2)ccc1N. The average molecular weight is 330 g/mol. The first-order chi connectivity index (χ1) is 11.5. The fourth-order valence-corrected chi connectivity index (χ4v) is 2.56. The molecular formula is C17H16F2N4O. The molecule has 0 aliphatic carbocycles. The van der Waals surface area contributed by atoms with E-state index in [1.807, 2.05) is 11.0 Å². The number of halogens is 2. The highest BCUT2D eigenvalue weighted by Crippen LogP contribution is 2.32. The van der Waals surface area contributed by atoms with Crippen molar-refractivity contribution in [2.75, 3.05) is 23.7 Å². The molecule has 24 heavy (non-hydrogen) atoms. The van der Waals surface area contributed by atoms with E-state index in [2.05, 4.69) is 4.98 Å². The summed E-state index contributed by atoms with van der Waals surface area (Å²) in [6.45, 7) is 0.553. The van der Waals surface area contributed by atoms with Crippen molar-refractivity contribution in [1.29, 1.82) is 5.26 Å². The molecule has 0 amide bonds. The van der Waals surface area contributed by atoms with E-state index in [0.717, 1.165) is 5.69 Å². The lowest BCUT2D eigenvalue weighted by Gasteiger charge is -2.33. The predicted octanol–water partition coefficient (Wildman–Crippen LogP) is 3.56. The summed E-state index contributed by atoms with van der Waals surface area (Å²) in [4.78, 5) is 5.97. The molecule has 1 aromatic carbocycles. The van der Waals surface area contributed by atoms with Gasteiger partial charge in [0.1, 0.15) is 17.6 Å². The van der Waals surface area contributed by atoms with Crippen LogP contribution in [0.25, 0.3) is 0 Å². The zero-order valence-electron chi connectivity index (χ0n) is 12.9. The van der Waals surface area contributed by atoms with E-state index in [0.29, 0.717) is 22.7 Å². The molecule has 0 spiro atoms. The van der Waals surface area contributed by atoms with Gasteiger partial charge in [0.15, 0.2) is 0 Å². The molecule has 1 aliphatic rings. The minimum Gasteiger partial charge on any atom is -0.456 e. The van der Waals surface area contributed by atoms with Gasteiger partial charge in [-0.25, -0.2) is 8.78 Å². The van der Waals surface area contributed by atoms with E-state index in [1.165, 1.54) is 6.20 Å². The maximum Gasteiger partial charge on any atom is 0.251 e. The number of ether oxygens (including phenoxy) is 1. The number of benzene rings is 1. The van der Waals surface area contributed by atoms with E-state index in [4.69, 9.17) is 15.7 Å². The highest BCUT2D eigenvalue weighted by molar-refractivity contribution is 5.57. The minimum atomic E-state index is -2.59. The number of hydrogen-bond donors (Lipinski definition) is 1. The van der Waals surface area contributed by atoms with Gasteiger partial charge in [0, 0.05) is 43.8 Å². The molecule has 1 saturated heterocycles. The normalized spacial score (nSPS) is 16.5. The smallest absolute Gasteiger partial charge is 0.251 e. The van der Waals surface area contributed by atoms with Gasteiger partial charge in [-0.3, -0.25) is 4.98 Å². The van der Waals surface area contributed by atoms with Crippen molar-refractivity contribution in [2.24, 2.45) is 0 Å². The zero-order valence-corrected chi connectivity index (χ0v) is 12.9. The summed E-state index contributed by atoms with van der Waals surface area (Å²) < 4.78 is 32.2. The maximum absolute atomic E-state index is 13.3. The summed E-state index contributed by atoms with van der Waals surface area (Å²) >= 11 is 0. The number of nitrogens with two attached hydrogens (primary N) is 1. The Bertz CT molecular complexity index is 778. The Morgan fingerprint density at radius 2 is 1.92 bits per heavy atom. The zero-order chi connectivity index (χ0) is 17.2. The highest BCUT2D eigenvalue weighted by Gasteiger charge is 2.34. The summed E-state index contributed by atoms with van der Waals surface area (Å²) in [5.74, 6) is -1.65. The fraction of sp³-hybridized carbons (Fsp3) is 0.294. The minimum absolute atomic E-state index is 0.165. The van der Waals surface area contributed by atoms with Crippen LogP contribution >= 0.6 is 0 Å². The van der Waals surface area contributed by atoms with Gasteiger partial charge < -0.3 is 15.4 Å². The third kappa shape index (κ3) is 3.54. The molecule has 0 bridgehead atoms. The van der Waals surface area contributed by atoms with Gasteiger partial charge >= 0.3 is 0 Å². The number of nitrogen functional groups attached to an aromatic ring is 1. The van der Waals surface area contributed by atoms with Crippen molar-refractivity contribution in [3.63, 3.8) is 0 Å². The van der Waals surface area contributed by atoms with Crippen LogP contribution in [0.3, 0.4) is 0 Å². The maximum atomic E-state index is 13.3. The van der Waals surface area contributed by atoms with Crippen LogP contribution in [0.2, 0.25) is 0 Å². The van der Waals surface area contributed by atoms with Gasteiger partial charge in [0.25, 0.3) is 5.92 Å². The van der Waals surface area contributed by atoms with Gasteiger partial charge in [-0.15, -0.1) is 0 Å². The predicted molar refractivity (Wildman–Crippen MR) is 86.3 cm³/mol. The quantitative estimate of drug-likeness (QED) is 0.871. The average Bonchev–Trinajstić information content (AvgIpc) is 2.57. The molecule has 2 heterocycles. The molecule has 0 unspecified atom stereocenters. The van der Waals surface area contributed by atoms with Crippen LogP contribution in [0, 0.1) is 11.3 Å². The Morgan fingerprint density at radius 1 is 1.17 bits per heavy atom. The number of anilines is 2. The fourth-order valence-electron chi connectivity index (χ4n) is 2.56. The van der Waals surface area contributed by atoms with E-state index in [1.54, 1.807) is 30.5 Å². The molecule has 1 aliphatic heterocycles. The lowest BCUT2D eigenvalue weighted by atomic mass is 10.1. The topological polar surface area (TPSA) is 75.2 Å². The molecule has 0 radical (unpaired) electrons. The van der Waals surface area contributed by atoms with Crippen molar-refractivity contribution in [1.82, 2.24) is 4.98 Å². The van der Waals surface area contributed by atoms with Crippen LogP contribution < -0.4 is 15.4 Å². The number of piperidine rings is 1. The van der Waals surface area contributed by atoms with Crippen LogP contribution in [0.15, 0.2) is 36.7 Å². The van der Waals surface area contributed by atoms with Gasteiger partial charge in [0.2, 0.25) is 0 Å². The van der Waals surface area contributed by atoms with Crippen LogP contribution in [-0.4, -0.2) is 24.0 Å². The van der Waals surface area contributed by atoms with Crippen LogP contribution in [0.5, 0.6) is 11.5 Å². The Hall–Kier alpha value is -2.88. The van der Waals surface area contributed by atoms with Crippen molar-refractivity contribution >= 4 is 11.4 Å². The Morgan fingerprint density at radius 3 is 2.62 bits per heavy atom. The van der Waals surface area contributed by atoms with Crippen molar-refractivity contribution in [2.45, 2.75) is 18.8 Å². The van der Waals surface area contributed by atoms with Gasteiger partial charge in [-0.2, -0.15) is 5.26 Å². The van der Waals surface area contributed by atoms with Crippen molar-refractivity contribution in [3.8, 4) is 17.6 Å². The number of hydrogen-bond acceptors (Lipinski definition) is 5. The first kappa shape index (κ1) is 16.0. The summed E-state index contributed by atoms with van der Waals surface area (Å²) in [7, 11) is 0. The van der Waals surface area contributed by atoms with Crippen LogP contribution in [-0.2, 0) is 0 Å². The Balaban J connectivity index is 1.75. The lowest BCUT2D eigenvalue weighted by molar-refractivity contribution is -0.0220. The molecule has 2 N–H and O–H groups in total. The molecule has 3 rings (SSSR count). The lowest BCUT2D eigenvalue weighted by Crippen LogP contribution is -2.39. The highest BCUT2D eigenvalue weighted by atomic mass is 19.3. The molecule has 7 heteroatoms. The molecule has 2 aromatic rings. The molecule has 124 valence electrons. The number of rotatable bonds is 3. The number of aromatic nitrogens is 1. The van der Waals surface area contributed by atoms with E-state index in [9.17, 15) is 8.78 Å². The van der Waals surface area contributed by atoms with E-state index in [-0.39, 0.29) is 25.9 Å². The standard InChI is InChI=1S/C17H16F2N4O/c18-17(19)3-5-23(6-4-17)13-8-15(11-22-10-13)24-14-1-2-16(21)12(7-14)9-20/h1-2,7-8,10-11H,3-6,21H2. The second-order valence-electron chi connectivity index (χ2n) is 5.68. The molecule has 1 fully saturated rings. The summed E-state index contributed by atoms with van der Waals surface area (Å²) in [6, 6.07) is 8.54. The first-order valence-electron chi connectivity index (χ1n) is 7.52. The van der Waals surface area contributed by atoms with Gasteiger partial charge in [-0.1, -0.05) is 0 Å². The molecule has 5 nitrogen and oxygen atoms in total. The van der Waals surface area contributed by atoms with Gasteiger partial charge in [-0.05, 0) is 12.1 Å². The first-order valence-corrected chi connectivity index (χ1v) is 7.52. The monoisotopic (exact) mass is 330 g/mol. The van der Waals surface area contributed by atoms with Crippen molar-refractivity contribution < 1.29 is 13.5 Å². The number of alkyl halides is 2. The number of pyridine rings is 1. The number of nitrogens with zero attached hydrogens (tertiary/aromatic N) is 3. The second kappa shape index (κ2) is 6.32. The third-order valence-corrected chi connectivity index (χ3v) is 3.94. The van der Waals surface area contributed by atoms with Crippen LogP contribution in [0.4, 0.5) is 20.2 Å². The van der Waals surface area contributed by atoms with E-state index < -0.39 is 5.92 Å². The van der Waals surface area contributed by atoms with Crippen molar-refractivity contribution in [3.05, 3.63) is 42.2 Å². The van der Waals surface area contributed by atoms with Crippen LogP contribution in [0.1, 0.15) is 18.4 Å². The summed E-state index contributed by atoms with van der Waals surface area (Å²) in [5.41, 5.74) is 7.12. The van der Waals surface area contributed by atoms with Gasteiger partial charge in [0.05, 0.1) is 23.6 Å². The second-order valence-corrected chi connectivity index (χ2v) is 5.68. The van der Waals surface area contributed by atoms with E-state index >= 15 is 0 Å². The molecule has 0 atom stereocenters. The number of nitriles is 1. The Labute approximate surface area is 138 Å². The summed E-state index contributed by atoms with van der Waals surface area (Å²) in [5, 5.41) is 9.00. The Kier molecular flexibility index (Phi) is 4.21. The largest absolute Gasteiger partial charge is 0.456 e. The third-order valence-electron chi connectivity index (χ3n) is 3.94. The summed E-state index contributed by atoms with van der Waals surface area (Å²) in [6.07, 6.45) is 2.83.